The second-order valence-electron chi connectivity index (χ2n) is 5.63. The fraction of sp³-hybridized carbons (Fsp3) is 0.333. The van der Waals surface area contributed by atoms with Gasteiger partial charge in [-0.3, -0.25) is 9.69 Å². The second-order valence-corrected chi connectivity index (χ2v) is 6.58. The van der Waals surface area contributed by atoms with E-state index in [-0.39, 0.29) is 11.9 Å². The van der Waals surface area contributed by atoms with Crippen molar-refractivity contribution in [3.8, 4) is 0 Å². The van der Waals surface area contributed by atoms with Gasteiger partial charge in [-0.25, -0.2) is 5.43 Å². The van der Waals surface area contributed by atoms with Crippen molar-refractivity contribution in [2.45, 2.75) is 13.0 Å². The number of nitrogens with zero attached hydrogens (tertiary/aromatic N) is 2. The van der Waals surface area contributed by atoms with Crippen molar-refractivity contribution in [1.29, 1.82) is 0 Å². The minimum atomic E-state index is -0.168. The Morgan fingerprint density at radius 2 is 1.96 bits per heavy atom. The van der Waals surface area contributed by atoms with Gasteiger partial charge in [0.05, 0.1) is 29.8 Å². The maximum Gasteiger partial charge on any atom is 0.281 e. The molecule has 2 heterocycles. The molecule has 0 unspecified atom stereocenters. The molecule has 0 bridgehead atoms. The Hall–Kier alpha value is -2.02. The number of rotatable bonds is 5. The lowest BCUT2D eigenvalue weighted by atomic mass is 10.0. The molecule has 2 aromatic rings. The Morgan fingerprint density at radius 1 is 1.21 bits per heavy atom. The van der Waals surface area contributed by atoms with Gasteiger partial charge < -0.3 is 4.74 Å². The molecule has 1 amide bonds. The molecule has 3 rings (SSSR count). The lowest BCUT2D eigenvalue weighted by Gasteiger charge is -2.34. The molecular formula is C18H21N3O2S. The van der Waals surface area contributed by atoms with E-state index in [1.165, 1.54) is 16.9 Å². The van der Waals surface area contributed by atoms with Crippen LogP contribution in [0.1, 0.15) is 28.2 Å². The van der Waals surface area contributed by atoms with Crippen molar-refractivity contribution < 1.29 is 9.53 Å². The van der Waals surface area contributed by atoms with Gasteiger partial charge in [0.2, 0.25) is 0 Å². The maximum atomic E-state index is 12.1. The van der Waals surface area contributed by atoms with Gasteiger partial charge >= 0.3 is 0 Å². The molecule has 1 fully saturated rings. The number of nitrogens with one attached hydrogen (secondary N) is 1. The first-order valence-electron chi connectivity index (χ1n) is 8.00. The van der Waals surface area contributed by atoms with Crippen LogP contribution in [0, 0.1) is 0 Å². The molecule has 1 N–H and O–H groups in total. The highest BCUT2D eigenvalue weighted by Gasteiger charge is 2.25. The van der Waals surface area contributed by atoms with Gasteiger partial charge in [0.1, 0.15) is 0 Å². The summed E-state index contributed by atoms with van der Waals surface area (Å²) in [6.07, 6.45) is 0. The van der Waals surface area contributed by atoms with E-state index >= 15 is 0 Å². The minimum Gasteiger partial charge on any atom is -0.379 e. The first-order valence-corrected chi connectivity index (χ1v) is 8.88. The summed E-state index contributed by atoms with van der Waals surface area (Å²) in [4.78, 5) is 15.1. The zero-order valence-electron chi connectivity index (χ0n) is 13.6. The molecule has 0 aliphatic carbocycles. The molecule has 1 aromatic heterocycles. The summed E-state index contributed by atoms with van der Waals surface area (Å²) in [5.41, 5.74) is 4.72. The van der Waals surface area contributed by atoms with Crippen LogP contribution in [0.2, 0.25) is 0 Å². The van der Waals surface area contributed by atoms with Crippen LogP contribution in [-0.4, -0.2) is 42.8 Å². The van der Waals surface area contributed by atoms with Crippen LogP contribution in [0.15, 0.2) is 52.9 Å². The molecule has 126 valence electrons. The van der Waals surface area contributed by atoms with E-state index in [0.717, 1.165) is 32.0 Å². The molecule has 1 aliphatic rings. The summed E-state index contributed by atoms with van der Waals surface area (Å²) in [5.74, 6) is -0.168. The number of hydrazone groups is 1. The number of ether oxygens (including phenoxy) is 1. The molecule has 24 heavy (non-hydrogen) atoms. The number of amides is 1. The van der Waals surface area contributed by atoms with E-state index in [9.17, 15) is 4.79 Å². The molecule has 6 heteroatoms. The highest BCUT2D eigenvalue weighted by atomic mass is 32.1. The molecule has 1 atom stereocenters. The first-order chi connectivity index (χ1) is 11.8. The third-order valence-corrected chi connectivity index (χ3v) is 4.87. The monoisotopic (exact) mass is 343 g/mol. The Kier molecular flexibility index (Phi) is 5.74. The molecule has 1 saturated heterocycles. The molecule has 0 radical (unpaired) electrons. The average Bonchev–Trinajstić information content (AvgIpc) is 3.16. The Labute approximate surface area is 145 Å². The van der Waals surface area contributed by atoms with Gasteiger partial charge in [0.15, 0.2) is 0 Å². The van der Waals surface area contributed by atoms with E-state index in [1.807, 2.05) is 36.6 Å². The van der Waals surface area contributed by atoms with Gasteiger partial charge in [0.25, 0.3) is 5.91 Å². The molecule has 0 saturated carbocycles. The highest BCUT2D eigenvalue weighted by molar-refractivity contribution is 7.12. The summed E-state index contributed by atoms with van der Waals surface area (Å²) in [6, 6.07) is 13.9. The van der Waals surface area contributed by atoms with Crippen molar-refractivity contribution in [3.05, 3.63) is 58.3 Å². The third-order valence-electron chi connectivity index (χ3n) is 4.00. The summed E-state index contributed by atoms with van der Waals surface area (Å²) in [5, 5.41) is 6.25. The number of thiophene rings is 1. The van der Waals surface area contributed by atoms with E-state index in [0.29, 0.717) is 4.88 Å². The molecule has 0 spiro atoms. The second kappa shape index (κ2) is 8.19. The quantitative estimate of drug-likeness (QED) is 0.671. The van der Waals surface area contributed by atoms with E-state index in [4.69, 9.17) is 4.74 Å². The van der Waals surface area contributed by atoms with Crippen molar-refractivity contribution >= 4 is 23.0 Å². The van der Waals surface area contributed by atoms with Gasteiger partial charge in [-0.1, -0.05) is 36.4 Å². The van der Waals surface area contributed by atoms with Crippen LogP contribution >= 0.6 is 11.3 Å². The minimum absolute atomic E-state index is 0.0405. The van der Waals surface area contributed by atoms with Gasteiger partial charge in [-0.2, -0.15) is 5.10 Å². The fourth-order valence-corrected chi connectivity index (χ4v) is 3.46. The lowest BCUT2D eigenvalue weighted by molar-refractivity contribution is 0.0285. The van der Waals surface area contributed by atoms with Crippen LogP contribution in [0.4, 0.5) is 0 Å². The van der Waals surface area contributed by atoms with E-state index < -0.39 is 0 Å². The number of carbonyl (C=O) groups is 1. The highest BCUT2D eigenvalue weighted by Crippen LogP contribution is 2.23. The largest absolute Gasteiger partial charge is 0.379 e. The van der Waals surface area contributed by atoms with Crippen molar-refractivity contribution in [3.63, 3.8) is 0 Å². The fourth-order valence-electron chi connectivity index (χ4n) is 2.85. The first kappa shape index (κ1) is 16.8. The predicted octanol–water partition coefficient (Wildman–Crippen LogP) is 2.93. The average molecular weight is 343 g/mol. The van der Waals surface area contributed by atoms with Crippen LogP contribution in [-0.2, 0) is 4.74 Å². The van der Waals surface area contributed by atoms with Gasteiger partial charge in [-0.05, 0) is 23.9 Å². The van der Waals surface area contributed by atoms with Crippen LogP contribution in [0.25, 0.3) is 0 Å². The Balaban J connectivity index is 1.78. The number of hydrogen-bond donors (Lipinski definition) is 1. The number of hydrogen-bond acceptors (Lipinski definition) is 5. The zero-order chi connectivity index (χ0) is 16.8. The Morgan fingerprint density at radius 3 is 2.62 bits per heavy atom. The maximum absolute atomic E-state index is 12.1. The summed E-state index contributed by atoms with van der Waals surface area (Å²) < 4.78 is 5.46. The summed E-state index contributed by atoms with van der Waals surface area (Å²) >= 11 is 1.41. The number of carbonyl (C=O) groups excluding carboxylic acids is 1. The van der Waals surface area contributed by atoms with Crippen LogP contribution in [0.5, 0.6) is 0 Å². The zero-order valence-corrected chi connectivity index (χ0v) is 14.5. The number of morpholine rings is 1. The van der Waals surface area contributed by atoms with Crippen LogP contribution in [0.3, 0.4) is 0 Å². The predicted molar refractivity (Wildman–Crippen MR) is 96.5 cm³/mol. The number of benzene rings is 1. The van der Waals surface area contributed by atoms with Gasteiger partial charge in [-0.15, -0.1) is 11.3 Å². The van der Waals surface area contributed by atoms with Crippen molar-refractivity contribution in [2.75, 3.05) is 26.3 Å². The van der Waals surface area contributed by atoms with Crippen molar-refractivity contribution in [2.24, 2.45) is 5.10 Å². The molecule has 5 nitrogen and oxygen atoms in total. The standard InChI is InChI=1S/C18H21N3O2S/c1-14(19-20-18(22)16-8-5-13-24-16)17(15-6-3-2-4-7-15)21-9-11-23-12-10-21/h2-8,13,17H,9-12H2,1H3,(H,20,22)/b19-14-/t17-/m1/s1. The SMILES string of the molecule is C/C(=N/NC(=O)c1cccs1)[C@H](c1ccccc1)N1CCOCC1. The van der Waals surface area contributed by atoms with Crippen molar-refractivity contribution in [1.82, 2.24) is 10.3 Å². The lowest BCUT2D eigenvalue weighted by Crippen LogP contribution is -2.42. The summed E-state index contributed by atoms with van der Waals surface area (Å²) in [7, 11) is 0. The molecular weight excluding hydrogens is 322 g/mol. The van der Waals surface area contributed by atoms with E-state index in [2.05, 4.69) is 27.6 Å². The Bertz CT molecular complexity index is 680. The van der Waals surface area contributed by atoms with E-state index in [1.54, 1.807) is 6.07 Å². The van der Waals surface area contributed by atoms with Crippen LogP contribution < -0.4 is 5.43 Å². The molecule has 1 aliphatic heterocycles. The van der Waals surface area contributed by atoms with Gasteiger partial charge in [0, 0.05) is 13.1 Å². The molecule has 1 aromatic carbocycles. The topological polar surface area (TPSA) is 53.9 Å². The smallest absolute Gasteiger partial charge is 0.281 e. The normalized spacial score (nSPS) is 17.5. The third kappa shape index (κ3) is 4.08. The summed E-state index contributed by atoms with van der Waals surface area (Å²) in [6.45, 7) is 5.11.